The molecule has 1 aliphatic carbocycles. The van der Waals surface area contributed by atoms with Crippen molar-refractivity contribution >= 4 is 51.2 Å². The van der Waals surface area contributed by atoms with E-state index in [0.29, 0.717) is 0 Å². The molecule has 0 saturated carbocycles. The normalized spacial score (nSPS) is 18.8. The maximum Gasteiger partial charge on any atom is 0.494 e. The van der Waals surface area contributed by atoms with Crippen molar-refractivity contribution in [2.75, 3.05) is 4.90 Å². The molecule has 0 amide bonds. The molecule has 0 bridgehead atoms. The fourth-order valence-corrected chi connectivity index (χ4v) is 8.07. The predicted octanol–water partition coefficient (Wildman–Crippen LogP) is 10.5. The van der Waals surface area contributed by atoms with Crippen molar-refractivity contribution in [3.63, 3.8) is 0 Å². The number of benzene rings is 7. The summed E-state index contributed by atoms with van der Waals surface area (Å²) < 4.78 is 13.3. The Balaban J connectivity index is 1.29. The molecular weight excluding hydrogens is 597 g/mol. The highest BCUT2D eigenvalue weighted by Crippen LogP contribution is 2.56. The Kier molecular flexibility index (Phi) is 6.68. The van der Waals surface area contributed by atoms with E-state index in [1.54, 1.807) is 0 Å². The molecule has 49 heavy (non-hydrogen) atoms. The lowest BCUT2D eigenvalue weighted by molar-refractivity contribution is 0.00578. The van der Waals surface area contributed by atoms with E-state index < -0.39 is 23.7 Å². The summed E-state index contributed by atoms with van der Waals surface area (Å²) in [5.74, 6) is 0. The van der Waals surface area contributed by atoms with Gasteiger partial charge >= 0.3 is 7.12 Å². The predicted molar refractivity (Wildman–Crippen MR) is 204 cm³/mol. The number of anilines is 3. The molecule has 7 aromatic carbocycles. The molecule has 0 aromatic heterocycles. The first kappa shape index (κ1) is 29.9. The van der Waals surface area contributed by atoms with Crippen molar-refractivity contribution in [3.05, 3.63) is 180 Å². The highest BCUT2D eigenvalue weighted by Gasteiger charge is 2.53. The second kappa shape index (κ2) is 10.9. The monoisotopic (exact) mass is 635 g/mol. The minimum atomic E-state index is -0.550. The van der Waals surface area contributed by atoms with E-state index in [1.165, 1.54) is 43.8 Å². The Morgan fingerprint density at radius 3 is 1.57 bits per heavy atom. The van der Waals surface area contributed by atoms with Gasteiger partial charge in [0.15, 0.2) is 0 Å². The summed E-state index contributed by atoms with van der Waals surface area (Å²) in [7, 11) is -0.466. The maximum atomic E-state index is 6.66. The number of rotatable bonds is 6. The molecule has 1 heterocycles. The second-order valence-corrected chi connectivity index (χ2v) is 14.4. The Bertz CT molecular complexity index is 2280. The topological polar surface area (TPSA) is 21.7 Å². The van der Waals surface area contributed by atoms with E-state index in [1.807, 2.05) is 0 Å². The van der Waals surface area contributed by atoms with Gasteiger partial charge in [-0.05, 0) is 113 Å². The zero-order valence-electron chi connectivity index (χ0n) is 28.4. The minimum absolute atomic E-state index is 0.435. The van der Waals surface area contributed by atoms with Crippen LogP contribution in [-0.4, -0.2) is 18.3 Å². The average molecular weight is 636 g/mol. The van der Waals surface area contributed by atoms with Gasteiger partial charge in [0.05, 0.1) is 16.6 Å². The molecule has 1 atom stereocenters. The number of hydrogen-bond donors (Lipinski definition) is 0. The highest BCUT2D eigenvalue weighted by molar-refractivity contribution is 6.62. The molecule has 238 valence electrons. The van der Waals surface area contributed by atoms with Crippen molar-refractivity contribution in [1.29, 1.82) is 0 Å². The summed E-state index contributed by atoms with van der Waals surface area (Å²) in [6.07, 6.45) is 0. The second-order valence-electron chi connectivity index (χ2n) is 14.4. The van der Waals surface area contributed by atoms with E-state index in [2.05, 4.69) is 190 Å². The lowest BCUT2D eigenvalue weighted by Gasteiger charge is -2.35. The van der Waals surface area contributed by atoms with E-state index in [4.69, 9.17) is 9.31 Å². The van der Waals surface area contributed by atoms with Gasteiger partial charge in [-0.3, -0.25) is 0 Å². The quantitative estimate of drug-likeness (QED) is 0.134. The van der Waals surface area contributed by atoms with Gasteiger partial charge in [-0.2, -0.15) is 0 Å². The molecule has 0 spiro atoms. The van der Waals surface area contributed by atoms with Crippen LogP contribution in [0.15, 0.2) is 158 Å². The summed E-state index contributed by atoms with van der Waals surface area (Å²) in [4.78, 5) is 2.32. The molecule has 1 saturated heterocycles. The van der Waals surface area contributed by atoms with Gasteiger partial charge in [-0.15, -0.1) is 0 Å². The first-order valence-electron chi connectivity index (χ1n) is 17.2. The fraction of sp³-hybridized carbons (Fsp3) is 0.156. The van der Waals surface area contributed by atoms with Gasteiger partial charge in [0.2, 0.25) is 0 Å². The van der Waals surface area contributed by atoms with Crippen LogP contribution in [0.4, 0.5) is 17.1 Å². The molecule has 0 radical (unpaired) electrons. The Morgan fingerprint density at radius 2 is 0.959 bits per heavy atom. The minimum Gasteiger partial charge on any atom is -0.399 e. The summed E-state index contributed by atoms with van der Waals surface area (Å²) >= 11 is 0. The summed E-state index contributed by atoms with van der Waals surface area (Å²) in [6.45, 7) is 8.49. The number of nitrogens with zero attached hydrogens (tertiary/aromatic N) is 1. The van der Waals surface area contributed by atoms with Crippen LogP contribution in [0.25, 0.3) is 21.5 Å². The van der Waals surface area contributed by atoms with Crippen LogP contribution in [-0.2, 0) is 14.7 Å². The van der Waals surface area contributed by atoms with Crippen LogP contribution in [0.3, 0.4) is 0 Å². The lowest BCUT2D eigenvalue weighted by atomic mass is 9.65. The molecule has 3 nitrogen and oxygen atoms in total. The molecule has 0 N–H and O–H groups in total. The molecule has 1 aliphatic heterocycles. The van der Waals surface area contributed by atoms with Crippen LogP contribution in [0.1, 0.15) is 49.9 Å². The fourth-order valence-electron chi connectivity index (χ4n) is 8.07. The third kappa shape index (κ3) is 4.44. The zero-order chi connectivity index (χ0) is 33.4. The first-order chi connectivity index (χ1) is 23.8. The van der Waals surface area contributed by atoms with Crippen LogP contribution in [0, 0.1) is 0 Å². The van der Waals surface area contributed by atoms with Gasteiger partial charge in [-0.25, -0.2) is 0 Å². The van der Waals surface area contributed by atoms with Gasteiger partial charge in [0.25, 0.3) is 0 Å². The van der Waals surface area contributed by atoms with Crippen molar-refractivity contribution in [2.24, 2.45) is 0 Å². The average Bonchev–Trinajstić information content (AvgIpc) is 3.56. The third-order valence-corrected chi connectivity index (χ3v) is 11.1. The van der Waals surface area contributed by atoms with Gasteiger partial charge < -0.3 is 14.2 Å². The van der Waals surface area contributed by atoms with Crippen molar-refractivity contribution in [2.45, 2.75) is 44.3 Å². The van der Waals surface area contributed by atoms with Crippen molar-refractivity contribution < 1.29 is 9.31 Å². The summed E-state index contributed by atoms with van der Waals surface area (Å²) in [5.41, 5.74) is 8.00. The van der Waals surface area contributed by atoms with E-state index in [0.717, 1.165) is 22.5 Å². The van der Waals surface area contributed by atoms with E-state index in [9.17, 15) is 0 Å². The Labute approximate surface area is 288 Å². The third-order valence-electron chi connectivity index (χ3n) is 11.1. The molecule has 7 aromatic rings. The van der Waals surface area contributed by atoms with Crippen LogP contribution >= 0.6 is 0 Å². The molecule has 2 aliphatic rings. The Morgan fingerprint density at radius 1 is 0.449 bits per heavy atom. The highest BCUT2D eigenvalue weighted by atomic mass is 16.7. The van der Waals surface area contributed by atoms with Crippen LogP contribution in [0.5, 0.6) is 0 Å². The smallest absolute Gasteiger partial charge is 0.399 e. The number of hydrogen-bond acceptors (Lipinski definition) is 3. The van der Waals surface area contributed by atoms with E-state index >= 15 is 0 Å². The summed E-state index contributed by atoms with van der Waals surface area (Å²) in [5, 5.41) is 5.08. The molecule has 1 unspecified atom stereocenters. The lowest BCUT2D eigenvalue weighted by Crippen LogP contribution is -2.41. The SMILES string of the molecule is CC1(C)OB(c2cc3c4c(ccc5cccc(c54)C3(c3ccccc3)c3ccc(N(c4ccccc4)c4ccccc4)cc3)c2)OC1(C)C. The maximum absolute atomic E-state index is 6.66. The van der Waals surface area contributed by atoms with Crippen LogP contribution in [0.2, 0.25) is 0 Å². The summed E-state index contributed by atoms with van der Waals surface area (Å²) in [6, 6.07) is 57.4. The van der Waals surface area contributed by atoms with Crippen molar-refractivity contribution in [3.8, 4) is 0 Å². The molecule has 9 rings (SSSR count). The zero-order valence-corrected chi connectivity index (χ0v) is 28.4. The largest absolute Gasteiger partial charge is 0.494 e. The molecular formula is C45H38BNO2. The van der Waals surface area contributed by atoms with E-state index in [-0.39, 0.29) is 0 Å². The van der Waals surface area contributed by atoms with Gasteiger partial charge in [0.1, 0.15) is 0 Å². The molecule has 1 fully saturated rings. The molecule has 4 heteroatoms. The van der Waals surface area contributed by atoms with Gasteiger partial charge in [-0.1, -0.05) is 121 Å². The number of para-hydroxylation sites is 2. The first-order valence-corrected chi connectivity index (χ1v) is 17.2. The van der Waals surface area contributed by atoms with Crippen LogP contribution < -0.4 is 10.4 Å². The standard InChI is InChI=1S/C45H38BNO2/c1-43(2)44(3,4)49-46(48-43)35-29-32-24-23-31-15-14-22-39-41(31)42(32)40(30-35)45(39,33-16-8-5-9-17-33)34-25-27-38(28-26-34)47(36-18-10-6-11-19-36)37-20-12-7-13-21-37/h5-30H,1-4H3. The van der Waals surface area contributed by atoms with Gasteiger partial charge in [0, 0.05) is 17.1 Å². The Hall–Kier alpha value is -5.16. The van der Waals surface area contributed by atoms with Crippen molar-refractivity contribution in [1.82, 2.24) is 0 Å².